The van der Waals surface area contributed by atoms with E-state index in [-0.39, 0.29) is 23.3 Å². The zero-order valence-corrected chi connectivity index (χ0v) is 20.0. The number of hydrogen-bond acceptors (Lipinski definition) is 6. The quantitative estimate of drug-likeness (QED) is 0.500. The summed E-state index contributed by atoms with van der Waals surface area (Å²) < 4.78 is 23.7. The largest absolute Gasteiger partial charge is 0.495 e. The molecule has 1 saturated heterocycles. The molecule has 0 aromatic heterocycles. The molecule has 4 rings (SSSR count). The van der Waals surface area contributed by atoms with E-state index >= 15 is 0 Å². The molecule has 172 valence electrons. The first-order valence-electron chi connectivity index (χ1n) is 10.9. The number of nitrogens with zero attached hydrogens (tertiary/aromatic N) is 2. The van der Waals surface area contributed by atoms with Crippen molar-refractivity contribution in [3.63, 3.8) is 0 Å². The number of carbonyl (C=O) groups is 1. The van der Waals surface area contributed by atoms with Crippen LogP contribution in [0.5, 0.6) is 5.75 Å². The molecule has 33 heavy (non-hydrogen) atoms. The van der Waals surface area contributed by atoms with Crippen molar-refractivity contribution in [3.8, 4) is 11.8 Å². The van der Waals surface area contributed by atoms with Gasteiger partial charge in [0.2, 0.25) is 0 Å². The van der Waals surface area contributed by atoms with Gasteiger partial charge in [-0.15, -0.1) is 0 Å². The molecule has 1 aliphatic carbocycles. The summed E-state index contributed by atoms with van der Waals surface area (Å²) in [5, 5.41) is 11.0. The second-order valence-electron chi connectivity index (χ2n) is 10.1. The lowest BCUT2D eigenvalue weighted by atomic mass is 9.77. The van der Waals surface area contributed by atoms with Crippen LogP contribution in [-0.4, -0.2) is 43.7 Å². The first-order valence-corrected chi connectivity index (χ1v) is 10.9. The molecule has 2 aromatic carbocycles. The van der Waals surface area contributed by atoms with Gasteiger partial charge in [-0.3, -0.25) is 4.90 Å². The molecule has 8 heteroatoms. The number of methoxy groups -OCH3 is 1. The monoisotopic (exact) mass is 448 g/mol. The number of amides is 1. The Balaban J connectivity index is 1.83. The molecule has 0 radical (unpaired) electrons. The maximum atomic E-state index is 13.2. The minimum Gasteiger partial charge on any atom is -0.495 e. The summed E-state index contributed by atoms with van der Waals surface area (Å²) >= 11 is 0. The van der Waals surface area contributed by atoms with Crippen LogP contribution in [0.25, 0.3) is 10.8 Å². The molecule has 1 aliphatic heterocycles. The smallest absolute Gasteiger partial charge is 0.494 e. The van der Waals surface area contributed by atoms with Gasteiger partial charge in [0.1, 0.15) is 11.4 Å². The molecule has 2 unspecified atom stereocenters. The van der Waals surface area contributed by atoms with Crippen molar-refractivity contribution < 1.29 is 23.6 Å². The molecule has 2 aliphatic rings. The van der Waals surface area contributed by atoms with Crippen molar-refractivity contribution in [1.29, 1.82) is 5.26 Å². The van der Waals surface area contributed by atoms with E-state index in [4.69, 9.17) is 18.8 Å². The number of ether oxygens (including phenoxy) is 2. The van der Waals surface area contributed by atoms with Crippen molar-refractivity contribution in [2.24, 2.45) is 0 Å². The highest BCUT2D eigenvalue weighted by atomic mass is 16.7. The lowest BCUT2D eigenvalue weighted by molar-refractivity contribution is 0.0583. The third-order valence-corrected chi connectivity index (χ3v) is 6.27. The summed E-state index contributed by atoms with van der Waals surface area (Å²) in [5.41, 5.74) is 0.287. The predicted octanol–water partition coefficient (Wildman–Crippen LogP) is 4.33. The van der Waals surface area contributed by atoms with Crippen LogP contribution < -0.4 is 15.1 Å². The van der Waals surface area contributed by atoms with Crippen LogP contribution in [0.4, 0.5) is 10.5 Å². The van der Waals surface area contributed by atoms with E-state index in [0.717, 1.165) is 22.7 Å². The van der Waals surface area contributed by atoms with Crippen LogP contribution in [0.15, 0.2) is 42.5 Å². The minimum atomic E-state index is -0.719. The molecule has 2 aromatic rings. The van der Waals surface area contributed by atoms with Gasteiger partial charge in [-0.1, -0.05) is 30.8 Å². The molecule has 2 fully saturated rings. The number of hydrogen-bond donors (Lipinski definition) is 0. The third-order valence-electron chi connectivity index (χ3n) is 6.27. The Kier molecular flexibility index (Phi) is 5.46. The van der Waals surface area contributed by atoms with Crippen molar-refractivity contribution in [3.05, 3.63) is 42.5 Å². The molecular weight excluding hydrogens is 419 g/mol. The van der Waals surface area contributed by atoms with Crippen molar-refractivity contribution in [2.45, 2.75) is 57.8 Å². The minimum absolute atomic E-state index is 0.0301. The fourth-order valence-electron chi connectivity index (χ4n) is 4.23. The van der Waals surface area contributed by atoms with Crippen LogP contribution in [0.3, 0.4) is 0 Å². The Morgan fingerprint density at radius 1 is 1.24 bits per heavy atom. The van der Waals surface area contributed by atoms with E-state index in [1.54, 1.807) is 33.9 Å². The number of rotatable bonds is 5. The topological polar surface area (TPSA) is 81.0 Å². The van der Waals surface area contributed by atoms with Gasteiger partial charge in [-0.2, -0.15) is 5.26 Å². The molecule has 0 spiro atoms. The van der Waals surface area contributed by atoms with Crippen molar-refractivity contribution in [2.75, 3.05) is 18.6 Å². The molecule has 1 heterocycles. The van der Waals surface area contributed by atoms with E-state index in [9.17, 15) is 10.1 Å². The van der Waals surface area contributed by atoms with Crippen LogP contribution >= 0.6 is 0 Å². The van der Waals surface area contributed by atoms with Gasteiger partial charge in [0.25, 0.3) is 0 Å². The number of fused-ring (bicyclic) bond motifs is 2. The Hall–Kier alpha value is -3.02. The summed E-state index contributed by atoms with van der Waals surface area (Å²) in [6, 6.07) is 11.6. The van der Waals surface area contributed by atoms with Gasteiger partial charge >= 0.3 is 13.2 Å². The van der Waals surface area contributed by atoms with E-state index in [1.165, 1.54) is 4.90 Å². The highest BCUT2D eigenvalue weighted by Crippen LogP contribution is 2.58. The SMILES string of the molecule is C=C(C#N)CN(C(=O)OC(C)(C)C)c1c(OC)ccc2ccc(B3OC4(C)CC4(C)O3)cc12. The van der Waals surface area contributed by atoms with Gasteiger partial charge in [0, 0.05) is 17.4 Å². The van der Waals surface area contributed by atoms with Gasteiger partial charge in [0.15, 0.2) is 0 Å². The summed E-state index contributed by atoms with van der Waals surface area (Å²) in [6.07, 6.45) is 0.274. The zero-order chi connectivity index (χ0) is 24.2. The highest BCUT2D eigenvalue weighted by molar-refractivity contribution is 6.62. The first-order chi connectivity index (χ1) is 15.4. The molecule has 0 bridgehead atoms. The average molecular weight is 448 g/mol. The normalized spacial score (nSPS) is 23.6. The Morgan fingerprint density at radius 2 is 1.88 bits per heavy atom. The Morgan fingerprint density at radius 3 is 2.45 bits per heavy atom. The highest BCUT2D eigenvalue weighted by Gasteiger charge is 2.71. The molecule has 2 atom stereocenters. The summed E-state index contributed by atoms with van der Waals surface area (Å²) in [5.74, 6) is 0.478. The number of benzene rings is 2. The third kappa shape index (κ3) is 4.19. The fraction of sp³-hybridized carbons (Fsp3) is 0.440. The lowest BCUT2D eigenvalue weighted by Crippen LogP contribution is -2.38. The number of carbonyl (C=O) groups excluding carboxylic acids is 1. The second-order valence-corrected chi connectivity index (χ2v) is 10.1. The van der Waals surface area contributed by atoms with Gasteiger partial charge in [-0.25, -0.2) is 4.79 Å². The average Bonchev–Trinajstić information content (AvgIpc) is 3.16. The first kappa shape index (κ1) is 23.2. The molecule has 1 saturated carbocycles. The maximum Gasteiger partial charge on any atom is 0.494 e. The van der Waals surface area contributed by atoms with Gasteiger partial charge < -0.3 is 18.8 Å². The zero-order valence-electron chi connectivity index (χ0n) is 20.0. The van der Waals surface area contributed by atoms with Crippen molar-refractivity contribution in [1.82, 2.24) is 0 Å². The van der Waals surface area contributed by atoms with Crippen LogP contribution in [0.1, 0.15) is 41.0 Å². The summed E-state index contributed by atoms with van der Waals surface area (Å²) in [6.45, 7) is 13.2. The maximum absolute atomic E-state index is 13.2. The van der Waals surface area contributed by atoms with E-state index in [1.807, 2.05) is 30.3 Å². The van der Waals surface area contributed by atoms with E-state index in [2.05, 4.69) is 20.4 Å². The van der Waals surface area contributed by atoms with E-state index < -0.39 is 18.8 Å². The molecule has 7 nitrogen and oxygen atoms in total. The van der Waals surface area contributed by atoms with Gasteiger partial charge in [-0.05, 0) is 51.5 Å². The van der Waals surface area contributed by atoms with Crippen molar-refractivity contribution >= 4 is 35.1 Å². The van der Waals surface area contributed by atoms with Crippen LogP contribution in [-0.2, 0) is 14.0 Å². The molecule has 1 amide bonds. The lowest BCUT2D eigenvalue weighted by Gasteiger charge is -2.29. The fourth-order valence-corrected chi connectivity index (χ4v) is 4.23. The number of nitriles is 1. The standard InChI is InChI=1S/C25H29BN2O5/c1-16(13-27)14-28(22(29)31-23(2,3)4)21-19-12-18(10-8-17(19)9-11-20(21)30-7)26-32-24(5)15-25(24,6)33-26/h8-12H,1,14-15H2,2-7H3. The summed E-state index contributed by atoms with van der Waals surface area (Å²) in [4.78, 5) is 14.6. The number of anilines is 1. The molecule has 0 N–H and O–H groups in total. The van der Waals surface area contributed by atoms with E-state index in [0.29, 0.717) is 11.4 Å². The molecular formula is C25H29BN2O5. The second kappa shape index (κ2) is 7.79. The van der Waals surface area contributed by atoms with Gasteiger partial charge in [0.05, 0.1) is 36.6 Å². The van der Waals surface area contributed by atoms with Crippen LogP contribution in [0.2, 0.25) is 0 Å². The van der Waals surface area contributed by atoms with Crippen LogP contribution in [0, 0.1) is 11.3 Å². The Labute approximate surface area is 195 Å². The Bertz CT molecular complexity index is 1170. The predicted molar refractivity (Wildman–Crippen MR) is 128 cm³/mol. The summed E-state index contributed by atoms with van der Waals surface area (Å²) in [7, 11) is 1.04.